The van der Waals surface area contributed by atoms with Crippen molar-refractivity contribution in [1.82, 2.24) is 14.8 Å². The van der Waals surface area contributed by atoms with Gasteiger partial charge in [0.1, 0.15) is 25.4 Å². The molecule has 0 saturated heterocycles. The zero-order chi connectivity index (χ0) is 18.6. The van der Waals surface area contributed by atoms with Crippen LogP contribution in [0, 0.1) is 5.41 Å². The molecule has 0 fully saturated rings. The Kier molecular flexibility index (Phi) is 6.88. The van der Waals surface area contributed by atoms with E-state index in [4.69, 9.17) is 23.2 Å². The summed E-state index contributed by atoms with van der Waals surface area (Å²) in [6.07, 6.45) is 2.84. The molecule has 0 aliphatic heterocycles. The number of hydrogen-bond donors (Lipinski definition) is 0. The van der Waals surface area contributed by atoms with Gasteiger partial charge >= 0.3 is 0 Å². The molecule has 4 nitrogen and oxygen atoms in total. The van der Waals surface area contributed by atoms with E-state index in [1.807, 2.05) is 6.92 Å². The molecule has 1 aromatic heterocycles. The second-order valence-corrected chi connectivity index (χ2v) is 8.51. The summed E-state index contributed by atoms with van der Waals surface area (Å²) < 4.78 is 15.0. The Morgan fingerprint density at radius 1 is 1.40 bits per heavy atom. The summed E-state index contributed by atoms with van der Waals surface area (Å²) >= 11 is 13.9. The van der Waals surface area contributed by atoms with E-state index >= 15 is 0 Å². The summed E-state index contributed by atoms with van der Waals surface area (Å²) in [5.41, 5.74) is -0.372. The fraction of sp³-hybridized carbons (Fsp3) is 0.471. The third kappa shape index (κ3) is 4.54. The van der Waals surface area contributed by atoms with Gasteiger partial charge in [-0.2, -0.15) is 16.9 Å². The number of nitrogens with zero attached hydrogens (tertiary/aromatic N) is 3. The van der Waals surface area contributed by atoms with Crippen molar-refractivity contribution in [3.05, 3.63) is 46.5 Å². The van der Waals surface area contributed by atoms with Crippen molar-refractivity contribution in [2.24, 2.45) is 5.41 Å². The highest BCUT2D eigenvalue weighted by molar-refractivity contribution is 7.99. The number of carbonyl (C=O) groups is 1. The van der Waals surface area contributed by atoms with E-state index in [1.165, 1.54) is 17.3 Å². The first-order chi connectivity index (χ1) is 11.8. The summed E-state index contributed by atoms with van der Waals surface area (Å²) in [6, 6.07) is 4.45. The molecule has 25 heavy (non-hydrogen) atoms. The van der Waals surface area contributed by atoms with Gasteiger partial charge in [0.05, 0.1) is 10.7 Å². The molecule has 0 amide bonds. The maximum Gasteiger partial charge on any atom is 0.167 e. The number of rotatable bonds is 8. The minimum Gasteiger partial charge on any atom is -0.297 e. The number of Topliss-reactive ketones (excluding diaryl/α,β-unsaturated/α-hetero) is 1. The average Bonchev–Trinajstić information content (AvgIpc) is 3.08. The minimum absolute atomic E-state index is 0.252. The van der Waals surface area contributed by atoms with Gasteiger partial charge in [0.2, 0.25) is 0 Å². The van der Waals surface area contributed by atoms with E-state index in [9.17, 15) is 9.18 Å². The maximum absolute atomic E-state index is 13.5. The largest absolute Gasteiger partial charge is 0.297 e. The molecule has 2 unspecified atom stereocenters. The highest BCUT2D eigenvalue weighted by Gasteiger charge is 2.41. The normalized spacial score (nSPS) is 14.3. The van der Waals surface area contributed by atoms with E-state index in [2.05, 4.69) is 10.1 Å². The Hall–Kier alpha value is -1.11. The van der Waals surface area contributed by atoms with Crippen molar-refractivity contribution in [3.63, 3.8) is 0 Å². The van der Waals surface area contributed by atoms with E-state index in [1.54, 1.807) is 43.8 Å². The first-order valence-electron chi connectivity index (χ1n) is 7.82. The van der Waals surface area contributed by atoms with Crippen LogP contribution < -0.4 is 0 Å². The van der Waals surface area contributed by atoms with Crippen molar-refractivity contribution < 1.29 is 9.18 Å². The number of carbonyl (C=O) groups excluding carboxylic acids is 1. The van der Waals surface area contributed by atoms with Crippen LogP contribution in [0.3, 0.4) is 0 Å². The van der Waals surface area contributed by atoms with Gasteiger partial charge in [-0.25, -0.2) is 9.67 Å². The molecule has 0 aliphatic carbocycles. The summed E-state index contributed by atoms with van der Waals surface area (Å²) in [5.74, 6) is 0.496. The molecular formula is C17H20Cl2FN3OS. The van der Waals surface area contributed by atoms with Gasteiger partial charge in [0, 0.05) is 10.0 Å². The molecule has 2 rings (SSSR count). The maximum atomic E-state index is 13.5. The highest BCUT2D eigenvalue weighted by Crippen LogP contribution is 2.45. The number of ketones is 1. The van der Waals surface area contributed by atoms with Crippen LogP contribution in [-0.4, -0.2) is 33.0 Å². The minimum atomic E-state index is -1.14. The Labute approximate surface area is 161 Å². The molecule has 2 aromatic rings. The van der Waals surface area contributed by atoms with E-state index in [0.29, 0.717) is 10.0 Å². The van der Waals surface area contributed by atoms with Crippen LogP contribution in [0.1, 0.15) is 37.6 Å². The van der Waals surface area contributed by atoms with Gasteiger partial charge < -0.3 is 0 Å². The van der Waals surface area contributed by atoms with Crippen LogP contribution >= 0.6 is 35.0 Å². The van der Waals surface area contributed by atoms with E-state index in [0.717, 1.165) is 11.3 Å². The molecule has 0 radical (unpaired) electrons. The molecule has 0 bridgehead atoms. The van der Waals surface area contributed by atoms with Crippen LogP contribution in [0.5, 0.6) is 0 Å². The van der Waals surface area contributed by atoms with Gasteiger partial charge in [-0.3, -0.25) is 9.18 Å². The fourth-order valence-corrected chi connectivity index (χ4v) is 4.25. The summed E-state index contributed by atoms with van der Waals surface area (Å²) in [4.78, 5) is 17.1. The van der Waals surface area contributed by atoms with Crippen molar-refractivity contribution in [2.45, 2.75) is 32.1 Å². The second-order valence-electron chi connectivity index (χ2n) is 6.24. The Morgan fingerprint density at radius 2 is 2.12 bits per heavy atom. The van der Waals surface area contributed by atoms with Gasteiger partial charge in [0.25, 0.3) is 0 Å². The molecule has 0 aliphatic rings. The number of benzene rings is 1. The Bertz CT molecular complexity index is 725. The molecule has 1 heterocycles. The lowest BCUT2D eigenvalue weighted by Gasteiger charge is -2.31. The zero-order valence-corrected chi connectivity index (χ0v) is 16.6. The number of hydrogen-bond acceptors (Lipinski definition) is 4. The first-order valence-corrected chi connectivity index (χ1v) is 9.63. The Balaban J connectivity index is 2.57. The molecule has 2 atom stereocenters. The highest BCUT2D eigenvalue weighted by atomic mass is 35.5. The van der Waals surface area contributed by atoms with Crippen LogP contribution in [-0.2, 0) is 4.79 Å². The molecule has 1 aromatic carbocycles. The zero-order valence-electron chi connectivity index (χ0n) is 14.2. The third-order valence-electron chi connectivity index (χ3n) is 3.89. The molecular weight excluding hydrogens is 384 g/mol. The van der Waals surface area contributed by atoms with E-state index in [-0.39, 0.29) is 11.0 Å². The van der Waals surface area contributed by atoms with Crippen molar-refractivity contribution in [3.8, 4) is 0 Å². The van der Waals surface area contributed by atoms with Crippen LogP contribution in [0.2, 0.25) is 10.0 Å². The third-order valence-corrected chi connectivity index (χ3v) is 5.66. The first kappa shape index (κ1) is 20.2. The number of aromatic nitrogens is 3. The predicted molar refractivity (Wildman–Crippen MR) is 101 cm³/mol. The molecule has 0 N–H and O–H groups in total. The molecule has 0 spiro atoms. The summed E-state index contributed by atoms with van der Waals surface area (Å²) in [6.45, 7) is 4.42. The van der Waals surface area contributed by atoms with Crippen molar-refractivity contribution in [1.29, 1.82) is 0 Å². The monoisotopic (exact) mass is 403 g/mol. The van der Waals surface area contributed by atoms with E-state index < -0.39 is 18.1 Å². The number of alkyl halides is 1. The standard InChI is InChI=1S/C17H20Cl2FN3OS/c1-4-25-15(12-6-5-11(18)7-13(12)19)14(23-10-21-9-22-23)16(24)17(2,3)8-20/h5-7,9-10,14-15H,4,8H2,1-3H3. The lowest BCUT2D eigenvalue weighted by Crippen LogP contribution is -2.37. The number of thioether (sulfide) groups is 1. The van der Waals surface area contributed by atoms with Crippen LogP contribution in [0.4, 0.5) is 4.39 Å². The van der Waals surface area contributed by atoms with Crippen LogP contribution in [0.25, 0.3) is 0 Å². The molecule has 136 valence electrons. The van der Waals surface area contributed by atoms with Gasteiger partial charge in [-0.1, -0.05) is 50.0 Å². The summed E-state index contributed by atoms with van der Waals surface area (Å²) in [5, 5.41) is 4.79. The fourth-order valence-electron chi connectivity index (χ4n) is 2.49. The number of halogens is 3. The second kappa shape index (κ2) is 8.52. The smallest absolute Gasteiger partial charge is 0.167 e. The van der Waals surface area contributed by atoms with Crippen molar-refractivity contribution >= 4 is 40.7 Å². The lowest BCUT2D eigenvalue weighted by molar-refractivity contribution is -0.131. The van der Waals surface area contributed by atoms with Crippen LogP contribution in [0.15, 0.2) is 30.9 Å². The predicted octanol–water partition coefficient (Wildman–Crippen LogP) is 5.19. The van der Waals surface area contributed by atoms with Crippen molar-refractivity contribution in [2.75, 3.05) is 12.4 Å². The Morgan fingerprint density at radius 3 is 2.64 bits per heavy atom. The SMILES string of the molecule is CCSC(c1ccc(Cl)cc1Cl)C(C(=O)C(C)(C)CF)n1cncn1. The molecule has 0 saturated carbocycles. The molecule has 8 heteroatoms. The van der Waals surface area contributed by atoms with Gasteiger partial charge in [0.15, 0.2) is 5.78 Å². The average molecular weight is 404 g/mol. The topological polar surface area (TPSA) is 47.8 Å². The van der Waals surface area contributed by atoms with Gasteiger partial charge in [-0.15, -0.1) is 0 Å². The quantitative estimate of drug-likeness (QED) is 0.608. The van der Waals surface area contributed by atoms with Gasteiger partial charge in [-0.05, 0) is 23.4 Å². The lowest BCUT2D eigenvalue weighted by atomic mass is 9.83. The summed E-state index contributed by atoms with van der Waals surface area (Å²) in [7, 11) is 0.